The molecule has 1 saturated carbocycles. The fourth-order valence-electron chi connectivity index (χ4n) is 4.42. The minimum Gasteiger partial charge on any atom is -0.299 e. The fourth-order valence-corrected chi connectivity index (χ4v) is 4.42. The van der Waals surface area contributed by atoms with Crippen LogP contribution in [0.4, 0.5) is 26.3 Å². The van der Waals surface area contributed by atoms with E-state index >= 15 is 0 Å². The van der Waals surface area contributed by atoms with Gasteiger partial charge in [0.15, 0.2) is 0 Å². The summed E-state index contributed by atoms with van der Waals surface area (Å²) in [5.41, 5.74) is -0.238. The number of alkyl halides is 6. The molecule has 7 heteroatoms. The summed E-state index contributed by atoms with van der Waals surface area (Å²) in [6, 6.07) is 9.87. The third-order valence-electron chi connectivity index (χ3n) is 6.06. The summed E-state index contributed by atoms with van der Waals surface area (Å²) in [6.45, 7) is 2.94. The molecule has 2 aromatic carbocycles. The van der Waals surface area contributed by atoms with Crippen LogP contribution < -0.4 is 0 Å². The summed E-state index contributed by atoms with van der Waals surface area (Å²) in [5, 5.41) is 0. The molecule has 0 bridgehead atoms. The molecule has 2 fully saturated rings. The average molecular weight is 427 g/mol. The minimum absolute atomic E-state index is 0.0455. The number of hydrogen-bond donors (Lipinski definition) is 0. The summed E-state index contributed by atoms with van der Waals surface area (Å²) >= 11 is 0. The van der Waals surface area contributed by atoms with Crippen LogP contribution in [0.25, 0.3) is 0 Å². The summed E-state index contributed by atoms with van der Waals surface area (Å²) in [4.78, 5) is 2.38. The SMILES string of the molecule is FC(F)(F)c1cc(C2CC2c2cccc(CN3CCCCC3)c2)cc(C(F)(F)F)c1. The molecule has 1 heterocycles. The van der Waals surface area contributed by atoms with Gasteiger partial charge in [0.1, 0.15) is 0 Å². The van der Waals surface area contributed by atoms with E-state index in [-0.39, 0.29) is 23.5 Å². The van der Waals surface area contributed by atoms with E-state index < -0.39 is 23.5 Å². The molecule has 162 valence electrons. The number of halogens is 6. The lowest BCUT2D eigenvalue weighted by molar-refractivity contribution is -0.143. The lowest BCUT2D eigenvalue weighted by atomic mass is 9.98. The van der Waals surface area contributed by atoms with E-state index in [1.54, 1.807) is 0 Å². The van der Waals surface area contributed by atoms with Crippen molar-refractivity contribution >= 4 is 0 Å². The van der Waals surface area contributed by atoms with Gasteiger partial charge in [-0.2, -0.15) is 26.3 Å². The molecule has 0 N–H and O–H groups in total. The van der Waals surface area contributed by atoms with Crippen molar-refractivity contribution in [2.24, 2.45) is 0 Å². The average Bonchev–Trinajstić information content (AvgIpc) is 3.48. The fraction of sp³-hybridized carbons (Fsp3) is 0.478. The Morgan fingerprint density at radius 1 is 0.733 bits per heavy atom. The van der Waals surface area contributed by atoms with Crippen molar-refractivity contribution < 1.29 is 26.3 Å². The van der Waals surface area contributed by atoms with E-state index in [0.717, 1.165) is 42.9 Å². The monoisotopic (exact) mass is 427 g/mol. The molecule has 2 atom stereocenters. The van der Waals surface area contributed by atoms with E-state index in [9.17, 15) is 26.3 Å². The third-order valence-corrected chi connectivity index (χ3v) is 6.06. The lowest BCUT2D eigenvalue weighted by Crippen LogP contribution is -2.29. The highest BCUT2D eigenvalue weighted by Crippen LogP contribution is 2.55. The van der Waals surface area contributed by atoms with E-state index in [1.165, 1.54) is 19.3 Å². The van der Waals surface area contributed by atoms with Crippen molar-refractivity contribution in [3.63, 3.8) is 0 Å². The summed E-state index contributed by atoms with van der Waals surface area (Å²) in [5.74, 6) is -0.366. The molecule has 1 nitrogen and oxygen atoms in total. The van der Waals surface area contributed by atoms with Crippen LogP contribution in [0, 0.1) is 0 Å². The Hall–Kier alpha value is -2.02. The van der Waals surface area contributed by atoms with Gasteiger partial charge in [-0.1, -0.05) is 30.7 Å². The first-order valence-electron chi connectivity index (χ1n) is 10.2. The van der Waals surface area contributed by atoms with E-state index in [2.05, 4.69) is 11.0 Å². The Morgan fingerprint density at radius 2 is 1.33 bits per heavy atom. The molecule has 1 saturated heterocycles. The van der Waals surface area contributed by atoms with Gasteiger partial charge < -0.3 is 0 Å². The maximum absolute atomic E-state index is 13.1. The van der Waals surface area contributed by atoms with Crippen LogP contribution >= 0.6 is 0 Å². The molecule has 30 heavy (non-hydrogen) atoms. The van der Waals surface area contributed by atoms with Gasteiger partial charge in [-0.3, -0.25) is 4.90 Å². The summed E-state index contributed by atoms with van der Waals surface area (Å²) in [6.07, 6.45) is -5.45. The highest BCUT2D eigenvalue weighted by atomic mass is 19.4. The molecule has 2 aliphatic rings. The zero-order valence-electron chi connectivity index (χ0n) is 16.4. The van der Waals surface area contributed by atoms with E-state index in [1.807, 2.05) is 18.2 Å². The summed E-state index contributed by atoms with van der Waals surface area (Å²) < 4.78 is 78.9. The second kappa shape index (κ2) is 7.91. The maximum atomic E-state index is 13.1. The number of nitrogens with zero attached hydrogens (tertiary/aromatic N) is 1. The highest BCUT2D eigenvalue weighted by molar-refractivity contribution is 5.42. The predicted molar refractivity (Wildman–Crippen MR) is 102 cm³/mol. The molecule has 1 aliphatic heterocycles. The van der Waals surface area contributed by atoms with Crippen molar-refractivity contribution in [3.05, 3.63) is 70.3 Å². The van der Waals surface area contributed by atoms with Gasteiger partial charge in [-0.05, 0) is 79.1 Å². The second-order valence-electron chi connectivity index (χ2n) is 8.37. The van der Waals surface area contributed by atoms with Crippen molar-refractivity contribution in [1.29, 1.82) is 0 Å². The van der Waals surface area contributed by atoms with Gasteiger partial charge in [-0.25, -0.2) is 0 Å². The van der Waals surface area contributed by atoms with Crippen molar-refractivity contribution in [2.45, 2.75) is 56.4 Å². The van der Waals surface area contributed by atoms with Gasteiger partial charge in [0.25, 0.3) is 0 Å². The van der Waals surface area contributed by atoms with Crippen LogP contribution in [-0.2, 0) is 18.9 Å². The molecule has 0 radical (unpaired) electrons. The van der Waals surface area contributed by atoms with Crippen molar-refractivity contribution in [3.8, 4) is 0 Å². The van der Waals surface area contributed by atoms with Gasteiger partial charge >= 0.3 is 12.4 Å². The Balaban J connectivity index is 1.55. The molecule has 1 aliphatic carbocycles. The van der Waals surface area contributed by atoms with Crippen molar-refractivity contribution in [2.75, 3.05) is 13.1 Å². The van der Waals surface area contributed by atoms with Gasteiger partial charge in [-0.15, -0.1) is 0 Å². The molecular formula is C23H23F6N. The number of rotatable bonds is 4. The zero-order chi connectivity index (χ0) is 21.5. The van der Waals surface area contributed by atoms with E-state index in [4.69, 9.17) is 0 Å². The minimum atomic E-state index is -4.81. The smallest absolute Gasteiger partial charge is 0.299 e. The lowest BCUT2D eigenvalue weighted by Gasteiger charge is -2.26. The van der Waals surface area contributed by atoms with Gasteiger partial charge in [0.05, 0.1) is 11.1 Å². The Labute approximate surface area is 171 Å². The van der Waals surface area contributed by atoms with E-state index in [0.29, 0.717) is 6.42 Å². The van der Waals surface area contributed by atoms with Crippen LogP contribution in [0.3, 0.4) is 0 Å². The number of benzene rings is 2. The molecular weight excluding hydrogens is 404 g/mol. The molecule has 4 rings (SSSR count). The van der Waals surface area contributed by atoms with Crippen LogP contribution in [-0.4, -0.2) is 18.0 Å². The van der Waals surface area contributed by atoms with Crippen molar-refractivity contribution in [1.82, 2.24) is 4.90 Å². The quantitative estimate of drug-likeness (QED) is 0.476. The van der Waals surface area contributed by atoms with Crippen LogP contribution in [0.1, 0.15) is 65.3 Å². The first kappa shape index (κ1) is 21.2. The van der Waals surface area contributed by atoms with Crippen LogP contribution in [0.5, 0.6) is 0 Å². The maximum Gasteiger partial charge on any atom is 0.416 e. The predicted octanol–water partition coefficient (Wildman–Crippen LogP) is 6.98. The van der Waals surface area contributed by atoms with Gasteiger partial charge in [0.2, 0.25) is 0 Å². The Bertz CT molecular complexity index is 863. The summed E-state index contributed by atoms with van der Waals surface area (Å²) in [7, 11) is 0. The Kier molecular flexibility index (Phi) is 5.60. The first-order chi connectivity index (χ1) is 14.1. The van der Waals surface area contributed by atoms with Gasteiger partial charge in [0, 0.05) is 6.54 Å². The topological polar surface area (TPSA) is 3.24 Å². The molecule has 0 spiro atoms. The van der Waals surface area contributed by atoms with Crippen LogP contribution in [0.15, 0.2) is 42.5 Å². The normalized spacial score (nSPS) is 22.9. The number of piperidine rings is 1. The number of hydrogen-bond acceptors (Lipinski definition) is 1. The first-order valence-corrected chi connectivity index (χ1v) is 10.2. The third kappa shape index (κ3) is 4.82. The Morgan fingerprint density at radius 3 is 1.93 bits per heavy atom. The largest absolute Gasteiger partial charge is 0.416 e. The molecule has 2 aromatic rings. The molecule has 0 amide bonds. The highest BCUT2D eigenvalue weighted by Gasteiger charge is 2.43. The van der Waals surface area contributed by atoms with Crippen LogP contribution in [0.2, 0.25) is 0 Å². The standard InChI is InChI=1S/C23H23F6N/c24-22(25,26)18-10-17(11-19(12-18)23(27,28)29)21-13-20(21)16-6-4-5-15(9-16)14-30-7-2-1-3-8-30/h4-6,9-12,20-21H,1-3,7-8,13-14H2. The molecule has 2 unspecified atom stereocenters. The molecule has 0 aromatic heterocycles. The number of likely N-dealkylation sites (tertiary alicyclic amines) is 1. The second-order valence-corrected chi connectivity index (χ2v) is 8.37. The zero-order valence-corrected chi connectivity index (χ0v) is 16.4.